The zero-order valence-electron chi connectivity index (χ0n) is 11.6. The van der Waals surface area contributed by atoms with Crippen molar-refractivity contribution in [3.05, 3.63) is 65.7 Å². The molecule has 0 aliphatic heterocycles. The molecule has 21 heavy (non-hydrogen) atoms. The molecule has 108 valence electrons. The smallest absolute Gasteiger partial charge is 0.0991 e. The predicted octanol–water partition coefficient (Wildman–Crippen LogP) is 4.51. The molecule has 1 atom stereocenters. The van der Waals surface area contributed by atoms with Gasteiger partial charge in [0.05, 0.1) is 11.6 Å². The van der Waals surface area contributed by atoms with E-state index in [0.717, 1.165) is 17.2 Å². The van der Waals surface area contributed by atoms with Crippen molar-refractivity contribution in [1.82, 2.24) is 0 Å². The van der Waals surface area contributed by atoms with E-state index in [2.05, 4.69) is 35.7 Å². The average molecular weight is 317 g/mol. The maximum absolute atomic E-state index is 8.79. The Morgan fingerprint density at radius 1 is 1.10 bits per heavy atom. The van der Waals surface area contributed by atoms with Crippen LogP contribution in [0.25, 0.3) is 0 Å². The Balaban J connectivity index is 1.81. The van der Waals surface area contributed by atoms with Gasteiger partial charge in [0.2, 0.25) is 0 Å². The van der Waals surface area contributed by atoms with Gasteiger partial charge in [0.1, 0.15) is 0 Å². The van der Waals surface area contributed by atoms with Crippen LogP contribution in [0.1, 0.15) is 11.1 Å². The van der Waals surface area contributed by atoms with Gasteiger partial charge in [-0.05, 0) is 29.8 Å². The largest absolute Gasteiger partial charge is 0.380 e. The Kier molecular flexibility index (Phi) is 6.46. The SMILES string of the molecule is N#Cc1ccc(NC(CCl)CSCc2ccccc2)cc1. The highest BCUT2D eigenvalue weighted by Gasteiger charge is 2.07. The van der Waals surface area contributed by atoms with Gasteiger partial charge in [0.15, 0.2) is 0 Å². The Morgan fingerprint density at radius 3 is 2.43 bits per heavy atom. The van der Waals surface area contributed by atoms with Crippen LogP contribution in [0.5, 0.6) is 0 Å². The summed E-state index contributed by atoms with van der Waals surface area (Å²) >= 11 is 7.90. The quantitative estimate of drug-likeness (QED) is 0.763. The second-order valence-corrected chi connectivity index (χ2v) is 6.02. The topological polar surface area (TPSA) is 35.8 Å². The van der Waals surface area contributed by atoms with Crippen LogP contribution in [-0.2, 0) is 5.75 Å². The first kappa shape index (κ1) is 15.8. The van der Waals surface area contributed by atoms with Crippen LogP contribution in [0, 0.1) is 11.3 Å². The monoisotopic (exact) mass is 316 g/mol. The summed E-state index contributed by atoms with van der Waals surface area (Å²) in [6.45, 7) is 0. The molecule has 0 radical (unpaired) electrons. The van der Waals surface area contributed by atoms with Crippen LogP contribution in [0.2, 0.25) is 0 Å². The van der Waals surface area contributed by atoms with Crippen molar-refractivity contribution in [1.29, 1.82) is 5.26 Å². The summed E-state index contributed by atoms with van der Waals surface area (Å²) in [6, 6.07) is 20.2. The van der Waals surface area contributed by atoms with Crippen LogP contribution in [-0.4, -0.2) is 17.7 Å². The Morgan fingerprint density at radius 2 is 1.81 bits per heavy atom. The van der Waals surface area contributed by atoms with E-state index >= 15 is 0 Å². The minimum absolute atomic E-state index is 0.216. The number of alkyl halides is 1. The first-order valence-corrected chi connectivity index (χ1v) is 8.45. The molecule has 0 aliphatic rings. The molecular weight excluding hydrogens is 300 g/mol. The molecule has 4 heteroatoms. The number of nitrogens with one attached hydrogen (secondary N) is 1. The lowest BCUT2D eigenvalue weighted by atomic mass is 10.2. The van der Waals surface area contributed by atoms with E-state index in [1.165, 1.54) is 5.56 Å². The first-order chi connectivity index (χ1) is 10.3. The fourth-order valence-corrected chi connectivity index (χ4v) is 3.24. The second kappa shape index (κ2) is 8.61. The second-order valence-electron chi connectivity index (χ2n) is 4.69. The van der Waals surface area contributed by atoms with E-state index in [9.17, 15) is 0 Å². The molecule has 0 spiro atoms. The van der Waals surface area contributed by atoms with Crippen molar-refractivity contribution < 1.29 is 0 Å². The molecule has 0 saturated heterocycles. The molecule has 0 saturated carbocycles. The molecule has 2 aromatic rings. The lowest BCUT2D eigenvalue weighted by molar-refractivity contribution is 0.921. The third kappa shape index (κ3) is 5.34. The minimum Gasteiger partial charge on any atom is -0.380 e. The number of benzene rings is 2. The fraction of sp³-hybridized carbons (Fsp3) is 0.235. The molecule has 2 aromatic carbocycles. The van der Waals surface area contributed by atoms with Crippen LogP contribution in [0.4, 0.5) is 5.69 Å². The number of hydrogen-bond acceptors (Lipinski definition) is 3. The molecule has 0 heterocycles. The highest BCUT2D eigenvalue weighted by Crippen LogP contribution is 2.17. The number of hydrogen-bond donors (Lipinski definition) is 1. The van der Waals surface area contributed by atoms with Crippen molar-refractivity contribution in [2.24, 2.45) is 0 Å². The molecule has 0 bridgehead atoms. The summed E-state index contributed by atoms with van der Waals surface area (Å²) in [4.78, 5) is 0. The molecule has 2 nitrogen and oxygen atoms in total. The maximum Gasteiger partial charge on any atom is 0.0991 e. The van der Waals surface area contributed by atoms with Gasteiger partial charge >= 0.3 is 0 Å². The number of anilines is 1. The standard InChI is InChI=1S/C17H17ClN2S/c18-10-17(13-21-12-15-4-2-1-3-5-15)20-16-8-6-14(11-19)7-9-16/h1-9,17,20H,10,12-13H2. The molecule has 1 N–H and O–H groups in total. The van der Waals surface area contributed by atoms with Gasteiger partial charge in [-0.2, -0.15) is 17.0 Å². The van der Waals surface area contributed by atoms with E-state index < -0.39 is 0 Å². The molecule has 0 amide bonds. The fourth-order valence-electron chi connectivity index (χ4n) is 1.89. The highest BCUT2D eigenvalue weighted by molar-refractivity contribution is 7.98. The van der Waals surface area contributed by atoms with Crippen LogP contribution in [0.3, 0.4) is 0 Å². The van der Waals surface area contributed by atoms with Crippen LogP contribution in [0.15, 0.2) is 54.6 Å². The zero-order chi connectivity index (χ0) is 14.9. The minimum atomic E-state index is 0.216. The zero-order valence-corrected chi connectivity index (χ0v) is 13.2. The first-order valence-electron chi connectivity index (χ1n) is 6.76. The van der Waals surface area contributed by atoms with Crippen LogP contribution >= 0.6 is 23.4 Å². The number of thioether (sulfide) groups is 1. The molecule has 0 fully saturated rings. The van der Waals surface area contributed by atoms with Gasteiger partial charge in [-0.3, -0.25) is 0 Å². The van der Waals surface area contributed by atoms with Gasteiger partial charge in [-0.15, -0.1) is 11.6 Å². The normalized spacial score (nSPS) is 11.6. The van der Waals surface area contributed by atoms with Gasteiger partial charge < -0.3 is 5.32 Å². The van der Waals surface area contributed by atoms with Gasteiger partial charge in [-0.25, -0.2) is 0 Å². The van der Waals surface area contributed by atoms with E-state index in [1.807, 2.05) is 42.1 Å². The molecule has 2 rings (SSSR count). The van der Waals surface area contributed by atoms with E-state index in [-0.39, 0.29) is 6.04 Å². The molecule has 1 unspecified atom stereocenters. The van der Waals surface area contributed by atoms with Gasteiger partial charge in [-0.1, -0.05) is 30.3 Å². The molecule has 0 aliphatic carbocycles. The van der Waals surface area contributed by atoms with Crippen molar-refractivity contribution in [2.45, 2.75) is 11.8 Å². The van der Waals surface area contributed by atoms with Crippen molar-refractivity contribution in [3.63, 3.8) is 0 Å². The maximum atomic E-state index is 8.79. The van der Waals surface area contributed by atoms with E-state index in [0.29, 0.717) is 11.4 Å². The summed E-state index contributed by atoms with van der Waals surface area (Å²) in [7, 11) is 0. The lowest BCUT2D eigenvalue weighted by Crippen LogP contribution is -2.24. The number of nitrogens with zero attached hydrogens (tertiary/aromatic N) is 1. The third-order valence-corrected chi connectivity index (χ3v) is 4.55. The Bertz CT molecular complexity index is 578. The summed E-state index contributed by atoms with van der Waals surface area (Å²) in [5.74, 6) is 2.49. The Hall–Kier alpha value is -1.63. The van der Waals surface area contributed by atoms with Crippen molar-refractivity contribution >= 4 is 29.1 Å². The summed E-state index contributed by atoms with van der Waals surface area (Å²) in [5, 5.41) is 12.2. The summed E-state index contributed by atoms with van der Waals surface area (Å²) in [6.07, 6.45) is 0. The number of nitriles is 1. The number of halogens is 1. The molecular formula is C17H17ClN2S. The number of rotatable bonds is 7. The summed E-state index contributed by atoms with van der Waals surface area (Å²) < 4.78 is 0. The Labute approximate surface area is 135 Å². The van der Waals surface area contributed by atoms with Gasteiger partial charge in [0.25, 0.3) is 0 Å². The lowest BCUT2D eigenvalue weighted by Gasteiger charge is -2.17. The van der Waals surface area contributed by atoms with Crippen LogP contribution < -0.4 is 5.32 Å². The van der Waals surface area contributed by atoms with Crippen molar-refractivity contribution in [2.75, 3.05) is 16.9 Å². The third-order valence-electron chi connectivity index (χ3n) is 3.00. The molecule has 0 aromatic heterocycles. The van der Waals surface area contributed by atoms with Crippen molar-refractivity contribution in [3.8, 4) is 6.07 Å². The summed E-state index contributed by atoms with van der Waals surface area (Å²) in [5.41, 5.74) is 3.00. The highest BCUT2D eigenvalue weighted by atomic mass is 35.5. The average Bonchev–Trinajstić information content (AvgIpc) is 2.55. The van der Waals surface area contributed by atoms with E-state index in [1.54, 1.807) is 0 Å². The van der Waals surface area contributed by atoms with Gasteiger partial charge in [0, 0.05) is 29.1 Å². The van der Waals surface area contributed by atoms with E-state index in [4.69, 9.17) is 16.9 Å². The predicted molar refractivity (Wildman–Crippen MR) is 91.9 cm³/mol.